The lowest BCUT2D eigenvalue weighted by Gasteiger charge is -2.25. The minimum Gasteiger partial charge on any atom is -0.394 e. The molecule has 1 unspecified atom stereocenters. The van der Waals surface area contributed by atoms with E-state index in [1.807, 2.05) is 0 Å². The van der Waals surface area contributed by atoms with Gasteiger partial charge < -0.3 is 10.4 Å². The quantitative estimate of drug-likeness (QED) is 0.771. The number of hydrogen-bond acceptors (Lipinski definition) is 2. The molecule has 0 bridgehead atoms. The van der Waals surface area contributed by atoms with Crippen molar-refractivity contribution in [3.63, 3.8) is 0 Å². The molecular weight excluding hydrogens is 202 g/mol. The number of hydrogen-bond donors (Lipinski definition) is 2. The molecule has 2 atom stereocenters. The van der Waals surface area contributed by atoms with E-state index in [1.165, 1.54) is 0 Å². The van der Waals surface area contributed by atoms with Crippen LogP contribution in [0.15, 0.2) is 0 Å². The molecule has 1 aliphatic rings. The maximum atomic E-state index is 11.9. The van der Waals surface area contributed by atoms with E-state index in [2.05, 4.69) is 39.9 Å². The maximum Gasteiger partial charge on any atom is 0.223 e. The average Bonchev–Trinajstić information content (AvgIpc) is 2.71. The molecule has 2 N–H and O–H groups in total. The summed E-state index contributed by atoms with van der Waals surface area (Å²) in [6.07, 6.45) is 1.77. The van der Waals surface area contributed by atoms with Gasteiger partial charge in [0, 0.05) is 5.92 Å². The lowest BCUT2D eigenvalue weighted by atomic mass is 9.88. The first-order chi connectivity index (χ1) is 7.15. The molecule has 3 heteroatoms. The molecule has 0 aromatic rings. The van der Waals surface area contributed by atoms with Crippen molar-refractivity contribution >= 4 is 5.91 Å². The minimum atomic E-state index is -0.108. The second-order valence-corrected chi connectivity index (χ2v) is 6.90. The van der Waals surface area contributed by atoms with Crippen LogP contribution in [0, 0.1) is 16.7 Å². The Balaban J connectivity index is 2.42. The molecule has 0 aromatic heterocycles. The smallest absolute Gasteiger partial charge is 0.223 e. The molecule has 1 fully saturated rings. The molecule has 1 amide bonds. The summed E-state index contributed by atoms with van der Waals surface area (Å²) in [6, 6.07) is -0.108. The Labute approximate surface area is 98.6 Å². The van der Waals surface area contributed by atoms with E-state index < -0.39 is 0 Å². The third kappa shape index (κ3) is 3.78. The fourth-order valence-electron chi connectivity index (χ4n) is 2.12. The van der Waals surface area contributed by atoms with Crippen molar-refractivity contribution in [3.8, 4) is 0 Å². The average molecular weight is 227 g/mol. The van der Waals surface area contributed by atoms with Crippen LogP contribution in [0.3, 0.4) is 0 Å². The topological polar surface area (TPSA) is 49.3 Å². The van der Waals surface area contributed by atoms with E-state index in [0.717, 1.165) is 12.8 Å². The third-order valence-electron chi connectivity index (χ3n) is 3.26. The van der Waals surface area contributed by atoms with Gasteiger partial charge >= 0.3 is 0 Å². The Morgan fingerprint density at radius 1 is 1.50 bits per heavy atom. The van der Waals surface area contributed by atoms with E-state index in [9.17, 15) is 9.90 Å². The van der Waals surface area contributed by atoms with Crippen LogP contribution >= 0.6 is 0 Å². The number of rotatable bonds is 4. The van der Waals surface area contributed by atoms with Gasteiger partial charge in [-0.3, -0.25) is 4.79 Å². The van der Waals surface area contributed by atoms with E-state index in [4.69, 9.17) is 0 Å². The Bertz CT molecular complexity index is 266. The summed E-state index contributed by atoms with van der Waals surface area (Å²) in [4.78, 5) is 11.9. The molecule has 0 radical (unpaired) electrons. The van der Waals surface area contributed by atoms with Gasteiger partial charge in [0.15, 0.2) is 0 Å². The summed E-state index contributed by atoms with van der Waals surface area (Å²) in [6.45, 7) is 10.6. The molecular formula is C13H25NO2. The summed E-state index contributed by atoms with van der Waals surface area (Å²) in [5.41, 5.74) is 0.283. The Morgan fingerprint density at radius 3 is 2.31 bits per heavy atom. The first-order valence-electron chi connectivity index (χ1n) is 6.07. The van der Waals surface area contributed by atoms with E-state index >= 15 is 0 Å². The lowest BCUT2D eigenvalue weighted by molar-refractivity contribution is -0.124. The second kappa shape index (κ2) is 4.36. The van der Waals surface area contributed by atoms with Gasteiger partial charge in [0.05, 0.1) is 12.6 Å². The highest BCUT2D eigenvalue weighted by atomic mass is 16.3. The standard InChI is InChI=1S/C13H25NO2/c1-12(2,3)6-9(8-15)14-11(16)10-7-13(10,4)5/h9-10,15H,6-8H2,1-5H3,(H,14,16)/t9?,10-/m1/s1. The highest BCUT2D eigenvalue weighted by Gasteiger charge is 2.50. The highest BCUT2D eigenvalue weighted by Crippen LogP contribution is 2.51. The zero-order chi connectivity index (χ0) is 12.6. The van der Waals surface area contributed by atoms with Gasteiger partial charge in [0.25, 0.3) is 0 Å². The molecule has 16 heavy (non-hydrogen) atoms. The molecule has 0 heterocycles. The molecule has 1 rings (SSSR count). The van der Waals surface area contributed by atoms with Gasteiger partial charge in [0.1, 0.15) is 0 Å². The van der Waals surface area contributed by atoms with E-state index in [1.54, 1.807) is 0 Å². The normalized spacial score (nSPS) is 25.0. The monoisotopic (exact) mass is 227 g/mol. The van der Waals surface area contributed by atoms with Crippen LogP contribution < -0.4 is 5.32 Å². The summed E-state index contributed by atoms with van der Waals surface area (Å²) >= 11 is 0. The van der Waals surface area contributed by atoms with E-state index in [-0.39, 0.29) is 35.3 Å². The van der Waals surface area contributed by atoms with Gasteiger partial charge in [-0.1, -0.05) is 34.6 Å². The van der Waals surface area contributed by atoms with Gasteiger partial charge in [0.2, 0.25) is 5.91 Å². The van der Waals surface area contributed by atoms with Crippen LogP contribution in [-0.2, 0) is 4.79 Å². The summed E-state index contributed by atoms with van der Waals surface area (Å²) in [7, 11) is 0. The zero-order valence-electron chi connectivity index (χ0n) is 11.1. The highest BCUT2D eigenvalue weighted by molar-refractivity contribution is 5.82. The van der Waals surface area contributed by atoms with E-state index in [0.29, 0.717) is 0 Å². The van der Waals surface area contributed by atoms with Crippen molar-refractivity contribution in [2.24, 2.45) is 16.7 Å². The predicted molar refractivity (Wildman–Crippen MR) is 65.0 cm³/mol. The Hall–Kier alpha value is -0.570. The largest absolute Gasteiger partial charge is 0.394 e. The third-order valence-corrected chi connectivity index (χ3v) is 3.26. The fourth-order valence-corrected chi connectivity index (χ4v) is 2.12. The van der Waals surface area contributed by atoms with Gasteiger partial charge in [-0.25, -0.2) is 0 Å². The van der Waals surface area contributed by atoms with Gasteiger partial charge in [-0.15, -0.1) is 0 Å². The molecule has 94 valence electrons. The van der Waals surface area contributed by atoms with Gasteiger partial charge in [-0.05, 0) is 23.7 Å². The second-order valence-electron chi connectivity index (χ2n) is 6.90. The SMILES string of the molecule is CC(C)(C)CC(CO)NC(=O)[C@H]1CC1(C)C. The molecule has 0 aliphatic heterocycles. The molecule has 0 saturated heterocycles. The van der Waals surface area contributed by atoms with Crippen molar-refractivity contribution < 1.29 is 9.90 Å². The molecule has 1 aliphatic carbocycles. The van der Waals surface area contributed by atoms with Crippen LogP contribution in [-0.4, -0.2) is 23.7 Å². The number of aliphatic hydroxyl groups is 1. The van der Waals surface area contributed by atoms with Crippen molar-refractivity contribution in [1.29, 1.82) is 0 Å². The molecule has 3 nitrogen and oxygen atoms in total. The van der Waals surface area contributed by atoms with Crippen molar-refractivity contribution in [2.45, 2.75) is 53.5 Å². The zero-order valence-corrected chi connectivity index (χ0v) is 11.1. The number of nitrogens with one attached hydrogen (secondary N) is 1. The first-order valence-corrected chi connectivity index (χ1v) is 6.07. The molecule has 0 aromatic carbocycles. The summed E-state index contributed by atoms with van der Waals surface area (Å²) < 4.78 is 0. The Kier molecular flexibility index (Phi) is 3.68. The van der Waals surface area contributed by atoms with Crippen LogP contribution in [0.25, 0.3) is 0 Å². The minimum absolute atomic E-state index is 0.0240. The maximum absolute atomic E-state index is 11.9. The first kappa shape index (κ1) is 13.5. The predicted octanol–water partition coefficient (Wildman–Crippen LogP) is 1.95. The number of carbonyl (C=O) groups excluding carboxylic acids is 1. The molecule has 0 spiro atoms. The fraction of sp³-hybridized carbons (Fsp3) is 0.923. The molecule has 1 saturated carbocycles. The number of aliphatic hydroxyl groups excluding tert-OH is 1. The number of carbonyl (C=O) groups is 1. The lowest BCUT2D eigenvalue weighted by Crippen LogP contribution is -2.41. The number of amides is 1. The summed E-state index contributed by atoms with van der Waals surface area (Å²) in [5, 5.41) is 12.2. The van der Waals surface area contributed by atoms with Crippen LogP contribution in [0.2, 0.25) is 0 Å². The van der Waals surface area contributed by atoms with Crippen LogP contribution in [0.5, 0.6) is 0 Å². The van der Waals surface area contributed by atoms with Crippen molar-refractivity contribution in [3.05, 3.63) is 0 Å². The van der Waals surface area contributed by atoms with Gasteiger partial charge in [-0.2, -0.15) is 0 Å². The van der Waals surface area contributed by atoms with Crippen LogP contribution in [0.4, 0.5) is 0 Å². The summed E-state index contributed by atoms with van der Waals surface area (Å²) in [5.74, 6) is 0.245. The Morgan fingerprint density at radius 2 is 2.00 bits per heavy atom. The van der Waals surface area contributed by atoms with Crippen molar-refractivity contribution in [1.82, 2.24) is 5.32 Å². The van der Waals surface area contributed by atoms with Crippen LogP contribution in [0.1, 0.15) is 47.5 Å². The van der Waals surface area contributed by atoms with Crippen molar-refractivity contribution in [2.75, 3.05) is 6.61 Å².